The van der Waals surface area contributed by atoms with Gasteiger partial charge >= 0.3 is 0 Å². The molecule has 86 valence electrons. The summed E-state index contributed by atoms with van der Waals surface area (Å²) >= 11 is 0. The summed E-state index contributed by atoms with van der Waals surface area (Å²) < 4.78 is 0. The fourth-order valence-electron chi connectivity index (χ4n) is 3.31. The molecule has 15 heavy (non-hydrogen) atoms. The Morgan fingerprint density at radius 2 is 1.87 bits per heavy atom. The van der Waals surface area contributed by atoms with Gasteiger partial charge in [0.1, 0.15) is 0 Å². The molecule has 0 aromatic rings. The third kappa shape index (κ3) is 2.82. The van der Waals surface area contributed by atoms with E-state index in [4.69, 9.17) is 5.73 Å². The monoisotopic (exact) mass is 208 g/mol. The maximum absolute atomic E-state index is 5.96. The van der Waals surface area contributed by atoms with E-state index in [1.165, 1.54) is 19.3 Å². The summed E-state index contributed by atoms with van der Waals surface area (Å²) in [6.07, 6.45) is 6.45. The Labute approximate surface area is 93.3 Å². The van der Waals surface area contributed by atoms with Crippen molar-refractivity contribution < 1.29 is 0 Å². The molecule has 2 rings (SSSR count). The van der Waals surface area contributed by atoms with Crippen molar-refractivity contribution in [3.05, 3.63) is 11.6 Å². The Bertz CT molecular complexity index is 237. The summed E-state index contributed by atoms with van der Waals surface area (Å²) in [4.78, 5) is 0. The van der Waals surface area contributed by atoms with Crippen molar-refractivity contribution in [3.63, 3.8) is 0 Å². The minimum Gasteiger partial charge on any atom is -0.323 e. The molecule has 2 nitrogen and oxygen atoms in total. The zero-order valence-corrected chi connectivity index (χ0v) is 10.00. The maximum atomic E-state index is 5.96. The molecule has 2 heteroatoms. The highest BCUT2D eigenvalue weighted by Gasteiger charge is 2.27. The van der Waals surface area contributed by atoms with Gasteiger partial charge in [0.05, 0.1) is 0 Å². The van der Waals surface area contributed by atoms with Gasteiger partial charge in [0.15, 0.2) is 0 Å². The van der Waals surface area contributed by atoms with Crippen molar-refractivity contribution in [1.82, 2.24) is 5.32 Å². The van der Waals surface area contributed by atoms with Crippen LogP contribution in [0.5, 0.6) is 0 Å². The predicted octanol–water partition coefficient (Wildman–Crippen LogP) is 1.92. The quantitative estimate of drug-likeness (QED) is 0.646. The molecule has 3 atom stereocenters. The summed E-state index contributed by atoms with van der Waals surface area (Å²) in [6.45, 7) is 6.79. The second-order valence-electron chi connectivity index (χ2n) is 5.65. The first-order valence-electron chi connectivity index (χ1n) is 6.32. The van der Waals surface area contributed by atoms with E-state index in [1.54, 1.807) is 5.57 Å². The Morgan fingerprint density at radius 1 is 1.20 bits per heavy atom. The Morgan fingerprint density at radius 3 is 2.47 bits per heavy atom. The van der Waals surface area contributed by atoms with Crippen LogP contribution in [0, 0.1) is 17.8 Å². The average Bonchev–Trinajstić information content (AvgIpc) is 2.16. The van der Waals surface area contributed by atoms with Gasteiger partial charge < -0.3 is 11.1 Å². The molecule has 0 bridgehead atoms. The molecule has 3 N–H and O–H groups in total. The van der Waals surface area contributed by atoms with Gasteiger partial charge in [-0.3, -0.25) is 0 Å². The van der Waals surface area contributed by atoms with Gasteiger partial charge in [0, 0.05) is 19.1 Å². The van der Waals surface area contributed by atoms with Gasteiger partial charge in [-0.15, -0.1) is 0 Å². The third-order valence-electron chi connectivity index (χ3n) is 3.84. The van der Waals surface area contributed by atoms with Gasteiger partial charge in [-0.05, 0) is 37.0 Å². The second kappa shape index (κ2) is 4.67. The van der Waals surface area contributed by atoms with Crippen molar-refractivity contribution in [2.45, 2.75) is 39.2 Å². The summed E-state index contributed by atoms with van der Waals surface area (Å²) in [5, 5.41) is 3.42. The number of rotatable bonds is 1. The van der Waals surface area contributed by atoms with Crippen LogP contribution in [0.25, 0.3) is 0 Å². The molecule has 2 aliphatic rings. The molecule has 1 fully saturated rings. The smallest absolute Gasteiger partial charge is 0.0354 e. The molecular formula is C13H24N2. The van der Waals surface area contributed by atoms with Crippen LogP contribution >= 0.6 is 0 Å². The normalized spacial score (nSPS) is 42.5. The van der Waals surface area contributed by atoms with Gasteiger partial charge in [0.2, 0.25) is 0 Å². The highest BCUT2D eigenvalue weighted by atomic mass is 14.9. The Hall–Kier alpha value is -0.340. The molecule has 1 aliphatic heterocycles. The van der Waals surface area contributed by atoms with Crippen LogP contribution in [0.15, 0.2) is 11.6 Å². The standard InChI is InChI=1S/C13H24N2/c1-9-3-10(2)5-11(4-9)12-6-13(14)8-15-7-12/h6,9-11,13,15H,3-5,7-8,14H2,1-2H3. The van der Waals surface area contributed by atoms with E-state index in [9.17, 15) is 0 Å². The molecule has 1 aliphatic carbocycles. The van der Waals surface area contributed by atoms with E-state index in [1.807, 2.05) is 0 Å². The topological polar surface area (TPSA) is 38.0 Å². The fourth-order valence-corrected chi connectivity index (χ4v) is 3.31. The maximum Gasteiger partial charge on any atom is 0.0354 e. The molecule has 0 aromatic carbocycles. The zero-order chi connectivity index (χ0) is 10.8. The molecule has 1 heterocycles. The first-order valence-corrected chi connectivity index (χ1v) is 6.32. The van der Waals surface area contributed by atoms with E-state index in [0.717, 1.165) is 30.8 Å². The SMILES string of the molecule is CC1CC(C)CC(C2=CC(N)CNC2)C1. The summed E-state index contributed by atoms with van der Waals surface area (Å²) in [5.41, 5.74) is 7.54. The summed E-state index contributed by atoms with van der Waals surface area (Å²) in [7, 11) is 0. The van der Waals surface area contributed by atoms with Crippen molar-refractivity contribution in [1.29, 1.82) is 0 Å². The minimum atomic E-state index is 0.237. The van der Waals surface area contributed by atoms with Gasteiger partial charge in [-0.1, -0.05) is 25.5 Å². The minimum absolute atomic E-state index is 0.237. The van der Waals surface area contributed by atoms with Gasteiger partial charge in [0.25, 0.3) is 0 Å². The average molecular weight is 208 g/mol. The lowest BCUT2D eigenvalue weighted by Gasteiger charge is -2.35. The Kier molecular flexibility index (Phi) is 3.47. The predicted molar refractivity (Wildman–Crippen MR) is 64.6 cm³/mol. The van der Waals surface area contributed by atoms with Crippen LogP contribution in [0.2, 0.25) is 0 Å². The zero-order valence-electron chi connectivity index (χ0n) is 10.00. The van der Waals surface area contributed by atoms with Gasteiger partial charge in [-0.2, -0.15) is 0 Å². The highest BCUT2D eigenvalue weighted by molar-refractivity contribution is 5.16. The lowest BCUT2D eigenvalue weighted by atomic mass is 9.73. The lowest BCUT2D eigenvalue weighted by Crippen LogP contribution is -2.40. The largest absolute Gasteiger partial charge is 0.323 e. The van der Waals surface area contributed by atoms with Crippen LogP contribution in [0.4, 0.5) is 0 Å². The van der Waals surface area contributed by atoms with Crippen LogP contribution in [-0.2, 0) is 0 Å². The van der Waals surface area contributed by atoms with E-state index < -0.39 is 0 Å². The van der Waals surface area contributed by atoms with Crippen molar-refractivity contribution in [2.24, 2.45) is 23.5 Å². The number of hydrogen-bond donors (Lipinski definition) is 2. The van der Waals surface area contributed by atoms with E-state index >= 15 is 0 Å². The molecular weight excluding hydrogens is 184 g/mol. The molecule has 1 saturated carbocycles. The molecule has 0 radical (unpaired) electrons. The number of hydrogen-bond acceptors (Lipinski definition) is 2. The number of nitrogens with two attached hydrogens (primary N) is 1. The van der Waals surface area contributed by atoms with Crippen LogP contribution in [0.1, 0.15) is 33.1 Å². The van der Waals surface area contributed by atoms with Crippen molar-refractivity contribution >= 4 is 0 Å². The first-order chi connectivity index (χ1) is 7.15. The van der Waals surface area contributed by atoms with Crippen LogP contribution in [0.3, 0.4) is 0 Å². The van der Waals surface area contributed by atoms with Gasteiger partial charge in [-0.25, -0.2) is 0 Å². The van der Waals surface area contributed by atoms with Crippen LogP contribution in [-0.4, -0.2) is 19.1 Å². The molecule has 0 spiro atoms. The first kappa shape index (κ1) is 11.2. The lowest BCUT2D eigenvalue weighted by molar-refractivity contribution is 0.239. The van der Waals surface area contributed by atoms with E-state index in [-0.39, 0.29) is 6.04 Å². The summed E-state index contributed by atoms with van der Waals surface area (Å²) in [5.74, 6) is 2.57. The van der Waals surface area contributed by atoms with E-state index in [2.05, 4.69) is 25.2 Å². The Balaban J connectivity index is 2.03. The van der Waals surface area contributed by atoms with Crippen molar-refractivity contribution in [2.75, 3.05) is 13.1 Å². The molecule has 0 saturated heterocycles. The highest BCUT2D eigenvalue weighted by Crippen LogP contribution is 2.37. The number of nitrogens with one attached hydrogen (secondary N) is 1. The van der Waals surface area contributed by atoms with Crippen molar-refractivity contribution in [3.8, 4) is 0 Å². The van der Waals surface area contributed by atoms with Crippen LogP contribution < -0.4 is 11.1 Å². The fraction of sp³-hybridized carbons (Fsp3) is 0.846. The third-order valence-corrected chi connectivity index (χ3v) is 3.84. The molecule has 0 aromatic heterocycles. The molecule has 0 amide bonds. The molecule has 3 unspecified atom stereocenters. The summed E-state index contributed by atoms with van der Waals surface area (Å²) in [6, 6.07) is 0.237. The second-order valence-corrected chi connectivity index (χ2v) is 5.65. The van der Waals surface area contributed by atoms with E-state index in [0.29, 0.717) is 0 Å².